The molecule has 0 unspecified atom stereocenters. The second-order valence-corrected chi connectivity index (χ2v) is 13.4. The van der Waals surface area contributed by atoms with Gasteiger partial charge in [0.1, 0.15) is 22.7 Å². The van der Waals surface area contributed by atoms with Gasteiger partial charge in [-0.15, -0.1) is 0 Å². The minimum Gasteiger partial charge on any atom is -0.461 e. The standard InChI is InChI=1S/C35H38N4O4/c1-22-18-29-19-28(10-11-30(29)43-22)24-2-4-25(5-3-24)31-36-35(13-16-37(17-14-35)32(40)26-6-7-26)34(42)39(31)21-23-12-15-38(20-23)33(41)27-8-9-27/h2-5,10-11,18-19,23,26-27H,6-9,12-17,20-21H2,1H3/t23-/m1/s1. The highest BCUT2D eigenvalue weighted by molar-refractivity contribution is 6.15. The summed E-state index contributed by atoms with van der Waals surface area (Å²) in [6.45, 7) is 5.16. The first kappa shape index (κ1) is 26.7. The Balaban J connectivity index is 1.06. The number of hydrogen-bond donors (Lipinski definition) is 0. The van der Waals surface area contributed by atoms with Crippen molar-refractivity contribution in [3.8, 4) is 11.1 Å². The molecule has 222 valence electrons. The monoisotopic (exact) mass is 578 g/mol. The Morgan fingerprint density at radius 3 is 2.19 bits per heavy atom. The third-order valence-corrected chi connectivity index (χ3v) is 10.1. The summed E-state index contributed by atoms with van der Waals surface area (Å²) < 4.78 is 5.75. The molecule has 4 fully saturated rings. The number of likely N-dealkylation sites (tertiary alicyclic amines) is 2. The van der Waals surface area contributed by atoms with Crippen molar-refractivity contribution in [2.75, 3.05) is 32.7 Å². The normalized spacial score (nSPS) is 23.5. The van der Waals surface area contributed by atoms with Crippen LogP contribution in [0.1, 0.15) is 56.3 Å². The molecule has 8 nitrogen and oxygen atoms in total. The van der Waals surface area contributed by atoms with Crippen LogP contribution in [-0.4, -0.2) is 76.5 Å². The molecule has 2 saturated carbocycles. The van der Waals surface area contributed by atoms with Gasteiger partial charge in [-0.05, 0) is 87.1 Å². The number of amides is 3. The number of nitrogens with zero attached hydrogens (tertiary/aromatic N) is 4. The van der Waals surface area contributed by atoms with Crippen LogP contribution in [0, 0.1) is 24.7 Å². The van der Waals surface area contributed by atoms with Gasteiger partial charge in [0.05, 0.1) is 0 Å². The number of carbonyl (C=O) groups excluding carboxylic acids is 3. The zero-order chi connectivity index (χ0) is 29.3. The number of rotatable bonds is 6. The summed E-state index contributed by atoms with van der Waals surface area (Å²) in [4.78, 5) is 50.8. The number of aryl methyl sites for hydroxylation is 1. The van der Waals surface area contributed by atoms with Gasteiger partial charge in [0.2, 0.25) is 11.8 Å². The van der Waals surface area contributed by atoms with E-state index in [9.17, 15) is 14.4 Å². The summed E-state index contributed by atoms with van der Waals surface area (Å²) in [7, 11) is 0. The average molecular weight is 579 g/mol. The van der Waals surface area contributed by atoms with E-state index in [0.29, 0.717) is 39.0 Å². The molecule has 0 bridgehead atoms. The number of carbonyl (C=O) groups is 3. The maximum atomic E-state index is 14.2. The molecule has 3 aromatic rings. The van der Waals surface area contributed by atoms with Crippen LogP contribution in [0.5, 0.6) is 0 Å². The molecule has 4 heterocycles. The second kappa shape index (κ2) is 10.1. The molecule has 8 heteroatoms. The number of furan rings is 1. The van der Waals surface area contributed by atoms with Crippen LogP contribution in [0.2, 0.25) is 0 Å². The van der Waals surface area contributed by atoms with E-state index in [1.807, 2.05) is 27.7 Å². The lowest BCUT2D eigenvalue weighted by molar-refractivity contribution is -0.139. The van der Waals surface area contributed by atoms with E-state index in [-0.39, 0.29) is 35.5 Å². The van der Waals surface area contributed by atoms with Crippen LogP contribution >= 0.6 is 0 Å². The van der Waals surface area contributed by atoms with Crippen molar-refractivity contribution in [1.29, 1.82) is 0 Å². The fraction of sp³-hybridized carbons (Fsp3) is 0.486. The number of amidine groups is 1. The second-order valence-electron chi connectivity index (χ2n) is 13.4. The van der Waals surface area contributed by atoms with E-state index in [1.54, 1.807) is 0 Å². The molecule has 1 aromatic heterocycles. The highest BCUT2D eigenvalue weighted by Gasteiger charge is 2.52. The van der Waals surface area contributed by atoms with Gasteiger partial charge < -0.3 is 14.2 Å². The summed E-state index contributed by atoms with van der Waals surface area (Å²) in [6, 6.07) is 16.6. The van der Waals surface area contributed by atoms with E-state index in [2.05, 4.69) is 42.5 Å². The van der Waals surface area contributed by atoms with Gasteiger partial charge in [0.15, 0.2) is 0 Å². The molecule has 3 amide bonds. The molecule has 5 aliphatic rings. The van der Waals surface area contributed by atoms with Crippen LogP contribution in [0.3, 0.4) is 0 Å². The topological polar surface area (TPSA) is 86.4 Å². The molecular weight excluding hydrogens is 540 g/mol. The smallest absolute Gasteiger partial charge is 0.256 e. The summed E-state index contributed by atoms with van der Waals surface area (Å²) in [5, 5.41) is 1.08. The predicted molar refractivity (Wildman–Crippen MR) is 163 cm³/mol. The van der Waals surface area contributed by atoms with Gasteiger partial charge in [-0.3, -0.25) is 24.3 Å². The van der Waals surface area contributed by atoms with Gasteiger partial charge in [-0.25, -0.2) is 0 Å². The fourth-order valence-corrected chi connectivity index (χ4v) is 7.26. The lowest BCUT2D eigenvalue weighted by Gasteiger charge is -2.36. The van der Waals surface area contributed by atoms with E-state index in [4.69, 9.17) is 9.41 Å². The maximum Gasteiger partial charge on any atom is 0.256 e. The number of aliphatic imine (C=N–C) groups is 1. The summed E-state index contributed by atoms with van der Waals surface area (Å²) in [6.07, 6.45) is 6.02. The van der Waals surface area contributed by atoms with Crippen molar-refractivity contribution >= 4 is 34.5 Å². The Kier molecular flexibility index (Phi) is 6.24. The molecule has 3 aliphatic heterocycles. The number of benzene rings is 2. The predicted octanol–water partition coefficient (Wildman–Crippen LogP) is 5.03. The largest absolute Gasteiger partial charge is 0.461 e. The number of piperidine rings is 1. The maximum absolute atomic E-state index is 14.2. The molecule has 2 saturated heterocycles. The molecule has 0 N–H and O–H groups in total. The van der Waals surface area contributed by atoms with Gasteiger partial charge in [-0.2, -0.15) is 0 Å². The molecule has 1 atom stereocenters. The van der Waals surface area contributed by atoms with Crippen molar-refractivity contribution in [3.05, 3.63) is 59.9 Å². The molecule has 1 spiro atoms. The summed E-state index contributed by atoms with van der Waals surface area (Å²) in [5.41, 5.74) is 3.19. The van der Waals surface area contributed by atoms with Gasteiger partial charge in [-0.1, -0.05) is 30.3 Å². The van der Waals surface area contributed by atoms with Crippen molar-refractivity contribution in [2.24, 2.45) is 22.7 Å². The van der Waals surface area contributed by atoms with Gasteiger partial charge >= 0.3 is 0 Å². The molecule has 0 radical (unpaired) electrons. The van der Waals surface area contributed by atoms with E-state index >= 15 is 0 Å². The van der Waals surface area contributed by atoms with Crippen molar-refractivity contribution in [3.63, 3.8) is 0 Å². The highest BCUT2D eigenvalue weighted by atomic mass is 16.3. The van der Waals surface area contributed by atoms with Crippen LogP contribution in [0.25, 0.3) is 22.1 Å². The Morgan fingerprint density at radius 1 is 0.837 bits per heavy atom. The van der Waals surface area contributed by atoms with E-state index < -0.39 is 5.54 Å². The first-order chi connectivity index (χ1) is 20.9. The lowest BCUT2D eigenvalue weighted by Crippen LogP contribution is -2.52. The first-order valence-corrected chi connectivity index (χ1v) is 16.0. The Labute approximate surface area is 251 Å². The van der Waals surface area contributed by atoms with E-state index in [0.717, 1.165) is 77.9 Å². The zero-order valence-corrected chi connectivity index (χ0v) is 24.8. The Hall–Kier alpha value is -3.94. The SMILES string of the molecule is Cc1cc2cc(-c3ccc(C4=NC5(CCN(C(=O)C6CC6)CC5)C(=O)N4C[C@@H]4CCN(C(=O)C5CC5)C4)cc3)ccc2o1. The molecule has 2 aliphatic carbocycles. The van der Waals surface area contributed by atoms with Crippen LogP contribution < -0.4 is 0 Å². The van der Waals surface area contributed by atoms with Crippen molar-refractivity contribution < 1.29 is 18.8 Å². The molecular formula is C35H38N4O4. The number of fused-ring (bicyclic) bond motifs is 1. The minimum absolute atomic E-state index is 0.0536. The van der Waals surface area contributed by atoms with Crippen molar-refractivity contribution in [1.82, 2.24) is 14.7 Å². The number of hydrogen-bond acceptors (Lipinski definition) is 5. The minimum atomic E-state index is -0.819. The van der Waals surface area contributed by atoms with Crippen LogP contribution in [0.4, 0.5) is 0 Å². The van der Waals surface area contributed by atoms with Crippen LogP contribution in [0.15, 0.2) is 57.9 Å². The van der Waals surface area contributed by atoms with Gasteiger partial charge in [0.25, 0.3) is 5.91 Å². The highest BCUT2D eigenvalue weighted by Crippen LogP contribution is 2.39. The zero-order valence-electron chi connectivity index (χ0n) is 24.8. The third kappa shape index (κ3) is 4.85. The lowest BCUT2D eigenvalue weighted by atomic mass is 9.87. The average Bonchev–Trinajstić information content (AvgIpc) is 3.95. The Bertz CT molecular complexity index is 1640. The fourth-order valence-electron chi connectivity index (χ4n) is 7.26. The Morgan fingerprint density at radius 2 is 1.49 bits per heavy atom. The molecule has 8 rings (SSSR count). The third-order valence-electron chi connectivity index (χ3n) is 10.1. The molecule has 2 aromatic carbocycles. The summed E-state index contributed by atoms with van der Waals surface area (Å²) in [5.74, 6) is 2.83. The first-order valence-electron chi connectivity index (χ1n) is 16.0. The quantitative estimate of drug-likeness (QED) is 0.411. The van der Waals surface area contributed by atoms with Crippen molar-refractivity contribution in [2.45, 2.75) is 57.4 Å². The van der Waals surface area contributed by atoms with E-state index in [1.165, 1.54) is 0 Å². The molecule has 43 heavy (non-hydrogen) atoms. The van der Waals surface area contributed by atoms with Crippen LogP contribution in [-0.2, 0) is 14.4 Å². The van der Waals surface area contributed by atoms with Gasteiger partial charge in [0, 0.05) is 55.5 Å². The summed E-state index contributed by atoms with van der Waals surface area (Å²) >= 11 is 0.